The highest BCUT2D eigenvalue weighted by molar-refractivity contribution is 5.97. The lowest BCUT2D eigenvalue weighted by Crippen LogP contribution is -2.25. The molecule has 2 aromatic rings. The number of hydrogen-bond acceptors (Lipinski definition) is 2. The molecule has 2 nitrogen and oxygen atoms in total. The van der Waals surface area contributed by atoms with Gasteiger partial charge in [0.2, 0.25) is 0 Å². The molecule has 0 aliphatic carbocycles. The average Bonchev–Trinajstić information content (AvgIpc) is 2.47. The van der Waals surface area contributed by atoms with Crippen LogP contribution in [0.1, 0.15) is 28.4 Å². The van der Waals surface area contributed by atoms with Crippen LogP contribution in [0.15, 0.2) is 48.5 Å². The molecule has 0 aliphatic heterocycles. The monoisotopic (exact) mass is 285 g/mol. The Kier molecular flexibility index (Phi) is 5.23. The standard InChI is InChI=1S/C18H20FNO/c1-3-14-7-9-16(10-8-14)18(21)13-20(2)12-15-5-4-6-17(19)11-15/h4-11H,3,12-13H2,1-2H3. The minimum absolute atomic E-state index is 0.0801. The molecule has 0 heterocycles. The third kappa shape index (κ3) is 4.50. The third-order valence-electron chi connectivity index (χ3n) is 3.44. The van der Waals surface area contributed by atoms with E-state index in [1.807, 2.05) is 42.3 Å². The van der Waals surface area contributed by atoms with Crippen molar-refractivity contribution in [1.82, 2.24) is 4.90 Å². The van der Waals surface area contributed by atoms with Crippen molar-refractivity contribution in [2.75, 3.05) is 13.6 Å². The molecule has 0 aliphatic rings. The lowest BCUT2D eigenvalue weighted by atomic mass is 10.1. The zero-order valence-electron chi connectivity index (χ0n) is 12.5. The third-order valence-corrected chi connectivity index (χ3v) is 3.44. The van der Waals surface area contributed by atoms with Crippen LogP contribution in [-0.2, 0) is 13.0 Å². The van der Waals surface area contributed by atoms with Crippen LogP contribution < -0.4 is 0 Å². The first-order valence-electron chi connectivity index (χ1n) is 7.13. The van der Waals surface area contributed by atoms with Gasteiger partial charge >= 0.3 is 0 Å². The van der Waals surface area contributed by atoms with Crippen molar-refractivity contribution >= 4 is 5.78 Å². The summed E-state index contributed by atoms with van der Waals surface area (Å²) in [6.07, 6.45) is 0.966. The summed E-state index contributed by atoms with van der Waals surface area (Å²) in [5.41, 5.74) is 2.81. The van der Waals surface area contributed by atoms with Crippen molar-refractivity contribution in [3.05, 3.63) is 71.0 Å². The predicted octanol–water partition coefficient (Wildman–Crippen LogP) is 3.70. The van der Waals surface area contributed by atoms with Crippen LogP contribution in [0.3, 0.4) is 0 Å². The van der Waals surface area contributed by atoms with Gasteiger partial charge in [-0.2, -0.15) is 0 Å². The Morgan fingerprint density at radius 2 is 1.81 bits per heavy atom. The van der Waals surface area contributed by atoms with E-state index < -0.39 is 0 Å². The Bertz CT molecular complexity index is 607. The summed E-state index contributed by atoms with van der Waals surface area (Å²) < 4.78 is 13.1. The quantitative estimate of drug-likeness (QED) is 0.754. The van der Waals surface area contributed by atoms with E-state index in [-0.39, 0.29) is 11.6 Å². The number of halogens is 1. The normalized spacial score (nSPS) is 10.9. The molecule has 21 heavy (non-hydrogen) atoms. The molecule has 0 amide bonds. The molecule has 0 atom stereocenters. The van der Waals surface area contributed by atoms with Gasteiger partial charge in [0.25, 0.3) is 0 Å². The molecule has 0 saturated heterocycles. The number of carbonyl (C=O) groups excluding carboxylic acids is 1. The zero-order valence-corrected chi connectivity index (χ0v) is 12.5. The molecule has 3 heteroatoms. The smallest absolute Gasteiger partial charge is 0.176 e. The van der Waals surface area contributed by atoms with Crippen LogP contribution in [0.25, 0.3) is 0 Å². The maximum Gasteiger partial charge on any atom is 0.176 e. The number of benzene rings is 2. The fourth-order valence-electron chi connectivity index (χ4n) is 2.27. The second-order valence-electron chi connectivity index (χ2n) is 5.28. The number of nitrogens with zero attached hydrogens (tertiary/aromatic N) is 1. The minimum Gasteiger partial charge on any atom is -0.295 e. The summed E-state index contributed by atoms with van der Waals surface area (Å²) in [6, 6.07) is 14.2. The van der Waals surface area contributed by atoms with Gasteiger partial charge in [-0.1, -0.05) is 43.3 Å². The highest BCUT2D eigenvalue weighted by Gasteiger charge is 2.10. The van der Waals surface area contributed by atoms with Gasteiger partial charge in [-0.05, 0) is 36.7 Å². The average molecular weight is 285 g/mol. The van der Waals surface area contributed by atoms with Crippen LogP contribution in [0.5, 0.6) is 0 Å². The van der Waals surface area contributed by atoms with Crippen LogP contribution in [-0.4, -0.2) is 24.3 Å². The molecular formula is C18H20FNO. The fraction of sp³-hybridized carbons (Fsp3) is 0.278. The van der Waals surface area contributed by atoms with Crippen LogP contribution in [0, 0.1) is 5.82 Å². The number of hydrogen-bond donors (Lipinski definition) is 0. The van der Waals surface area contributed by atoms with Crippen LogP contribution in [0.2, 0.25) is 0 Å². The van der Waals surface area contributed by atoms with E-state index in [1.54, 1.807) is 6.07 Å². The first kappa shape index (κ1) is 15.4. The maximum atomic E-state index is 13.1. The molecule has 0 N–H and O–H groups in total. The van der Waals surface area contributed by atoms with E-state index in [0.717, 1.165) is 17.5 Å². The molecule has 2 aromatic carbocycles. The summed E-state index contributed by atoms with van der Waals surface area (Å²) in [7, 11) is 1.86. The van der Waals surface area contributed by atoms with Crippen LogP contribution >= 0.6 is 0 Å². The number of likely N-dealkylation sites (N-methyl/N-ethyl adjacent to an activating group) is 1. The molecule has 0 bridgehead atoms. The Morgan fingerprint density at radius 3 is 2.43 bits per heavy atom. The van der Waals surface area contributed by atoms with E-state index in [9.17, 15) is 9.18 Å². The number of aryl methyl sites for hydroxylation is 1. The maximum absolute atomic E-state index is 13.1. The Morgan fingerprint density at radius 1 is 1.10 bits per heavy atom. The van der Waals surface area contributed by atoms with Gasteiger partial charge < -0.3 is 0 Å². The summed E-state index contributed by atoms with van der Waals surface area (Å²) >= 11 is 0. The molecule has 110 valence electrons. The zero-order chi connectivity index (χ0) is 15.2. The largest absolute Gasteiger partial charge is 0.295 e. The van der Waals surface area contributed by atoms with Gasteiger partial charge in [-0.3, -0.25) is 9.69 Å². The number of carbonyl (C=O) groups is 1. The van der Waals surface area contributed by atoms with Crippen molar-refractivity contribution in [2.45, 2.75) is 19.9 Å². The highest BCUT2D eigenvalue weighted by Crippen LogP contribution is 2.09. The Balaban J connectivity index is 1.95. The molecule has 0 spiro atoms. The second-order valence-corrected chi connectivity index (χ2v) is 5.28. The van der Waals surface area contributed by atoms with E-state index in [0.29, 0.717) is 13.1 Å². The fourth-order valence-corrected chi connectivity index (χ4v) is 2.27. The topological polar surface area (TPSA) is 20.3 Å². The van der Waals surface area contributed by atoms with Crippen molar-refractivity contribution in [3.63, 3.8) is 0 Å². The molecule has 2 rings (SSSR count). The van der Waals surface area contributed by atoms with Gasteiger partial charge in [0.1, 0.15) is 5.82 Å². The molecular weight excluding hydrogens is 265 g/mol. The van der Waals surface area contributed by atoms with Gasteiger partial charge in [-0.25, -0.2) is 4.39 Å². The summed E-state index contributed by atoms with van der Waals surface area (Å²) in [6.45, 7) is 2.96. The van der Waals surface area contributed by atoms with Gasteiger partial charge in [0.05, 0.1) is 6.54 Å². The van der Waals surface area contributed by atoms with E-state index in [1.165, 1.54) is 17.7 Å². The summed E-state index contributed by atoms with van der Waals surface area (Å²) in [4.78, 5) is 14.1. The van der Waals surface area contributed by atoms with Crippen molar-refractivity contribution in [2.24, 2.45) is 0 Å². The second kappa shape index (κ2) is 7.14. The van der Waals surface area contributed by atoms with Crippen molar-refractivity contribution in [3.8, 4) is 0 Å². The molecule has 0 saturated carbocycles. The van der Waals surface area contributed by atoms with Crippen molar-refractivity contribution in [1.29, 1.82) is 0 Å². The SMILES string of the molecule is CCc1ccc(C(=O)CN(C)Cc2cccc(F)c2)cc1. The van der Waals surface area contributed by atoms with Crippen LogP contribution in [0.4, 0.5) is 4.39 Å². The lowest BCUT2D eigenvalue weighted by molar-refractivity contribution is 0.0943. The Hall–Kier alpha value is -2.00. The van der Waals surface area contributed by atoms with Gasteiger partial charge in [0.15, 0.2) is 5.78 Å². The number of ketones is 1. The van der Waals surface area contributed by atoms with E-state index >= 15 is 0 Å². The molecule has 0 fully saturated rings. The molecule has 0 unspecified atom stereocenters. The van der Waals surface area contributed by atoms with E-state index in [4.69, 9.17) is 0 Å². The molecule has 0 radical (unpaired) electrons. The number of rotatable bonds is 6. The first-order chi connectivity index (χ1) is 10.1. The highest BCUT2D eigenvalue weighted by atomic mass is 19.1. The Labute approximate surface area is 125 Å². The lowest BCUT2D eigenvalue weighted by Gasteiger charge is -2.16. The van der Waals surface area contributed by atoms with E-state index in [2.05, 4.69) is 6.92 Å². The number of Topliss-reactive ketones (excluding diaryl/α,β-unsaturated/α-hetero) is 1. The summed E-state index contributed by atoms with van der Waals surface area (Å²) in [5.74, 6) is -0.168. The van der Waals surface area contributed by atoms with Crippen molar-refractivity contribution < 1.29 is 9.18 Å². The minimum atomic E-state index is -0.248. The molecule has 0 aromatic heterocycles. The summed E-state index contributed by atoms with van der Waals surface area (Å²) in [5, 5.41) is 0. The predicted molar refractivity (Wildman–Crippen MR) is 82.9 cm³/mol. The van der Waals surface area contributed by atoms with Gasteiger partial charge in [-0.15, -0.1) is 0 Å². The first-order valence-corrected chi connectivity index (χ1v) is 7.13. The van der Waals surface area contributed by atoms with Gasteiger partial charge in [0, 0.05) is 12.1 Å².